The summed E-state index contributed by atoms with van der Waals surface area (Å²) in [5.41, 5.74) is 3.43. The number of nitro benzene ring substituents is 1. The van der Waals surface area contributed by atoms with Gasteiger partial charge < -0.3 is 9.64 Å². The number of hydrogen-bond acceptors (Lipinski definition) is 6. The summed E-state index contributed by atoms with van der Waals surface area (Å²) in [6.45, 7) is 3.05. The molecule has 1 aliphatic heterocycles. The van der Waals surface area contributed by atoms with E-state index in [1.54, 1.807) is 12.1 Å². The Hall–Kier alpha value is -3.22. The van der Waals surface area contributed by atoms with E-state index in [0.717, 1.165) is 51.6 Å². The van der Waals surface area contributed by atoms with Crippen molar-refractivity contribution in [3.05, 3.63) is 68.8 Å². The van der Waals surface area contributed by atoms with Gasteiger partial charge in [0.05, 0.1) is 10.5 Å². The van der Waals surface area contributed by atoms with Crippen molar-refractivity contribution >= 4 is 23.1 Å². The Kier molecular flexibility index (Phi) is 6.02. The molecule has 0 radical (unpaired) electrons. The molecule has 4 rings (SSSR count). The normalized spacial score (nSPS) is 16.5. The van der Waals surface area contributed by atoms with Crippen LogP contribution in [0.4, 0.5) is 11.4 Å². The zero-order valence-electron chi connectivity index (χ0n) is 17.6. The van der Waals surface area contributed by atoms with Gasteiger partial charge in [-0.15, -0.1) is 0 Å². The maximum Gasteiger partial charge on any atom is 0.339 e. The van der Waals surface area contributed by atoms with Crippen LogP contribution in [0.5, 0.6) is 0 Å². The number of hydrogen-bond donors (Lipinski definition) is 0. The lowest BCUT2D eigenvalue weighted by Gasteiger charge is -2.28. The monoisotopic (exact) mass is 422 g/mol. The summed E-state index contributed by atoms with van der Waals surface area (Å²) in [5, 5.41) is 11.6. The number of carbonyl (C=O) groups excluding carboxylic acids is 2. The molecule has 0 unspecified atom stereocenters. The molecule has 0 amide bonds. The van der Waals surface area contributed by atoms with Crippen LogP contribution in [0.2, 0.25) is 0 Å². The second-order valence-electron chi connectivity index (χ2n) is 8.26. The molecule has 2 aromatic rings. The second kappa shape index (κ2) is 8.88. The molecule has 31 heavy (non-hydrogen) atoms. The number of rotatable bonds is 6. The third kappa shape index (κ3) is 4.45. The number of benzene rings is 2. The van der Waals surface area contributed by atoms with Crippen LogP contribution in [-0.4, -0.2) is 35.9 Å². The lowest BCUT2D eigenvalue weighted by Crippen LogP contribution is -2.30. The summed E-state index contributed by atoms with van der Waals surface area (Å²) in [4.78, 5) is 38.5. The number of carbonyl (C=O) groups is 2. The average Bonchev–Trinajstić information content (AvgIpc) is 3.26. The van der Waals surface area contributed by atoms with Crippen molar-refractivity contribution in [1.29, 1.82) is 0 Å². The highest BCUT2D eigenvalue weighted by molar-refractivity contribution is 6.01. The van der Waals surface area contributed by atoms with Gasteiger partial charge >= 0.3 is 5.97 Å². The highest BCUT2D eigenvalue weighted by atomic mass is 16.6. The summed E-state index contributed by atoms with van der Waals surface area (Å²) >= 11 is 0. The maximum atomic E-state index is 12.8. The predicted molar refractivity (Wildman–Crippen MR) is 117 cm³/mol. The Morgan fingerprint density at radius 2 is 1.68 bits per heavy atom. The molecule has 1 fully saturated rings. The van der Waals surface area contributed by atoms with Crippen molar-refractivity contribution in [2.75, 3.05) is 18.0 Å². The predicted octanol–water partition coefficient (Wildman–Crippen LogP) is 4.50. The number of fused-ring (bicyclic) bond motifs is 1. The van der Waals surface area contributed by atoms with E-state index in [-0.39, 0.29) is 17.0 Å². The maximum absolute atomic E-state index is 12.8. The number of nitro groups is 1. The number of anilines is 1. The first kappa shape index (κ1) is 21.0. The Balaban J connectivity index is 1.49. The average molecular weight is 422 g/mol. The number of nitrogens with zero attached hydrogens (tertiary/aromatic N) is 2. The number of ketones is 1. The minimum Gasteiger partial charge on any atom is -0.451 e. The van der Waals surface area contributed by atoms with Crippen molar-refractivity contribution in [2.45, 2.75) is 51.6 Å². The molecule has 1 heterocycles. The van der Waals surface area contributed by atoms with Crippen molar-refractivity contribution in [3.63, 3.8) is 0 Å². The number of esters is 1. The quantitative estimate of drug-likeness (QED) is 0.295. The largest absolute Gasteiger partial charge is 0.451 e. The molecule has 0 saturated carbocycles. The fourth-order valence-electron chi connectivity index (χ4n) is 4.44. The molecule has 2 aromatic carbocycles. The number of piperidine rings is 1. The zero-order valence-corrected chi connectivity index (χ0v) is 17.6. The van der Waals surface area contributed by atoms with Crippen LogP contribution in [0, 0.1) is 10.1 Å². The Morgan fingerprint density at radius 1 is 0.968 bits per heavy atom. The lowest BCUT2D eigenvalue weighted by atomic mass is 10.0. The molecular formula is C24H26N2O5. The van der Waals surface area contributed by atoms with Crippen LogP contribution < -0.4 is 4.90 Å². The van der Waals surface area contributed by atoms with Crippen LogP contribution in [0.1, 0.15) is 64.4 Å². The smallest absolute Gasteiger partial charge is 0.339 e. The van der Waals surface area contributed by atoms with Gasteiger partial charge in [0.25, 0.3) is 5.69 Å². The van der Waals surface area contributed by atoms with Crippen molar-refractivity contribution in [1.82, 2.24) is 0 Å². The van der Waals surface area contributed by atoms with E-state index in [2.05, 4.69) is 0 Å². The van der Waals surface area contributed by atoms with Gasteiger partial charge in [-0.25, -0.2) is 4.79 Å². The van der Waals surface area contributed by atoms with Crippen LogP contribution in [0.25, 0.3) is 0 Å². The first-order chi connectivity index (χ1) is 14.9. The second-order valence-corrected chi connectivity index (χ2v) is 8.26. The van der Waals surface area contributed by atoms with Gasteiger partial charge in [0.15, 0.2) is 6.10 Å². The minimum atomic E-state index is -0.979. The minimum absolute atomic E-state index is 0.0704. The summed E-state index contributed by atoms with van der Waals surface area (Å²) in [6.07, 6.45) is 5.19. The van der Waals surface area contributed by atoms with E-state index >= 15 is 0 Å². The highest BCUT2D eigenvalue weighted by Gasteiger charge is 2.26. The molecule has 7 heteroatoms. The molecule has 0 aromatic heterocycles. The Labute approximate surface area is 181 Å². The molecular weight excluding hydrogens is 396 g/mol. The third-order valence-electron chi connectivity index (χ3n) is 6.14. The van der Waals surface area contributed by atoms with Gasteiger partial charge in [0.2, 0.25) is 5.78 Å². The van der Waals surface area contributed by atoms with Gasteiger partial charge in [-0.2, -0.15) is 0 Å². The number of ether oxygens (including phenoxy) is 1. The molecule has 1 aliphatic carbocycles. The van der Waals surface area contributed by atoms with E-state index in [1.165, 1.54) is 30.2 Å². The van der Waals surface area contributed by atoms with E-state index in [0.29, 0.717) is 11.3 Å². The van der Waals surface area contributed by atoms with Gasteiger partial charge in [-0.3, -0.25) is 14.9 Å². The Morgan fingerprint density at radius 3 is 2.42 bits per heavy atom. The number of aryl methyl sites for hydroxylation is 2. The van der Waals surface area contributed by atoms with Crippen LogP contribution in [0.15, 0.2) is 36.4 Å². The van der Waals surface area contributed by atoms with E-state index < -0.39 is 17.0 Å². The van der Waals surface area contributed by atoms with E-state index in [4.69, 9.17) is 4.74 Å². The van der Waals surface area contributed by atoms with E-state index in [1.807, 2.05) is 17.0 Å². The van der Waals surface area contributed by atoms with Gasteiger partial charge in [-0.05, 0) is 74.8 Å². The summed E-state index contributed by atoms with van der Waals surface area (Å²) in [5.74, 6) is -1.02. The molecule has 1 saturated heterocycles. The van der Waals surface area contributed by atoms with Crippen molar-refractivity contribution in [3.8, 4) is 0 Å². The molecule has 7 nitrogen and oxygen atoms in total. The third-order valence-corrected chi connectivity index (χ3v) is 6.14. The molecule has 162 valence electrons. The van der Waals surface area contributed by atoms with Crippen LogP contribution >= 0.6 is 0 Å². The summed E-state index contributed by atoms with van der Waals surface area (Å²) in [7, 11) is 0. The van der Waals surface area contributed by atoms with Crippen LogP contribution in [-0.2, 0) is 17.6 Å². The highest BCUT2D eigenvalue weighted by Crippen LogP contribution is 2.31. The molecule has 0 bridgehead atoms. The van der Waals surface area contributed by atoms with Crippen molar-refractivity contribution in [2.24, 2.45) is 0 Å². The van der Waals surface area contributed by atoms with Crippen LogP contribution in [0.3, 0.4) is 0 Å². The zero-order chi connectivity index (χ0) is 22.0. The lowest BCUT2D eigenvalue weighted by molar-refractivity contribution is -0.384. The molecule has 2 aliphatic rings. The Bertz CT molecular complexity index is 1030. The summed E-state index contributed by atoms with van der Waals surface area (Å²) in [6, 6.07) is 10.0. The van der Waals surface area contributed by atoms with Gasteiger partial charge in [-0.1, -0.05) is 12.1 Å². The molecule has 0 spiro atoms. The standard InChI is InChI=1S/C24H26N2O5/c1-16(23(27)19-9-8-17-6-5-7-18(17)14-19)31-24(28)20-10-11-21(22(15-20)26(29)30)25-12-3-2-4-13-25/h8-11,14-16H,2-7,12-13H2,1H3/t16-/m0/s1. The first-order valence-corrected chi connectivity index (χ1v) is 10.8. The fraction of sp³-hybridized carbons (Fsp3) is 0.417. The van der Waals surface area contributed by atoms with Gasteiger partial charge in [0, 0.05) is 24.7 Å². The molecule has 0 N–H and O–H groups in total. The molecule has 1 atom stereocenters. The first-order valence-electron chi connectivity index (χ1n) is 10.8. The summed E-state index contributed by atoms with van der Waals surface area (Å²) < 4.78 is 5.37. The van der Waals surface area contributed by atoms with Gasteiger partial charge in [0.1, 0.15) is 5.69 Å². The van der Waals surface area contributed by atoms with Crippen molar-refractivity contribution < 1.29 is 19.2 Å². The number of Topliss-reactive ketones (excluding diaryl/α,β-unsaturated/α-hetero) is 1. The SMILES string of the molecule is C[C@H](OC(=O)c1ccc(N2CCCCC2)c([N+](=O)[O-])c1)C(=O)c1ccc2c(c1)CCC2. The topological polar surface area (TPSA) is 89.8 Å². The van der Waals surface area contributed by atoms with E-state index in [9.17, 15) is 19.7 Å². The fourth-order valence-corrected chi connectivity index (χ4v) is 4.44.